The van der Waals surface area contributed by atoms with Gasteiger partial charge in [-0.15, -0.1) is 4.40 Å². The molecule has 1 aliphatic heterocycles. The van der Waals surface area contributed by atoms with Crippen molar-refractivity contribution in [2.45, 2.75) is 20.4 Å². The fourth-order valence-corrected chi connectivity index (χ4v) is 4.03. The van der Waals surface area contributed by atoms with Gasteiger partial charge in [0.05, 0.1) is 24.9 Å². The topological polar surface area (TPSA) is 88.1 Å². The Morgan fingerprint density at radius 3 is 2.52 bits per heavy atom. The number of hydrogen-bond acceptors (Lipinski definition) is 4. The van der Waals surface area contributed by atoms with Gasteiger partial charge in [0, 0.05) is 16.9 Å². The van der Waals surface area contributed by atoms with Crippen LogP contribution in [0.4, 0.5) is 5.69 Å². The first-order valence-electron chi connectivity index (χ1n) is 8.70. The second-order valence-corrected chi connectivity index (χ2v) is 8.49. The number of methoxy groups -OCH3 is 1. The number of nitrogens with zero attached hydrogens (tertiary/aromatic N) is 2. The first kappa shape index (κ1) is 20.9. The Kier molecular flexibility index (Phi) is 5.95. The summed E-state index contributed by atoms with van der Waals surface area (Å²) < 4.78 is 34.8. The van der Waals surface area contributed by atoms with Crippen molar-refractivity contribution in [3.63, 3.8) is 0 Å². The smallest absolute Gasteiger partial charge is 0.344 e. The lowest BCUT2D eigenvalue weighted by molar-refractivity contribution is -0.112. The quantitative estimate of drug-likeness (QED) is 0.778. The normalized spacial score (nSPS) is 15.4. The lowest BCUT2D eigenvalue weighted by atomic mass is 10.1. The number of benzene rings is 2. The van der Waals surface area contributed by atoms with E-state index in [9.17, 15) is 13.2 Å². The second kappa shape index (κ2) is 8.26. The van der Waals surface area contributed by atoms with Gasteiger partial charge in [0.1, 0.15) is 5.75 Å². The van der Waals surface area contributed by atoms with Crippen LogP contribution in [0.2, 0.25) is 5.02 Å². The zero-order valence-corrected chi connectivity index (χ0v) is 17.7. The van der Waals surface area contributed by atoms with E-state index in [2.05, 4.69) is 9.71 Å². The van der Waals surface area contributed by atoms with E-state index in [4.69, 9.17) is 16.3 Å². The number of aryl methyl sites for hydroxylation is 1. The maximum atomic E-state index is 12.8. The summed E-state index contributed by atoms with van der Waals surface area (Å²) >= 11 is 6.00. The largest absolute Gasteiger partial charge is 0.497 e. The van der Waals surface area contributed by atoms with E-state index in [1.54, 1.807) is 49.6 Å². The fourth-order valence-electron chi connectivity index (χ4n) is 2.76. The highest BCUT2D eigenvalue weighted by molar-refractivity contribution is 7.88. The fraction of sp³-hybridized carbons (Fsp3) is 0.200. The Morgan fingerprint density at radius 2 is 1.86 bits per heavy atom. The van der Waals surface area contributed by atoms with E-state index in [-0.39, 0.29) is 17.8 Å². The number of carbonyl (C=O) groups excluding carboxylic acids is 1. The Bertz CT molecular complexity index is 1110. The van der Waals surface area contributed by atoms with Gasteiger partial charge in [-0.2, -0.15) is 8.42 Å². The zero-order valence-electron chi connectivity index (χ0n) is 16.1. The summed E-state index contributed by atoms with van der Waals surface area (Å²) in [5.74, 6) is 0.197. The van der Waals surface area contributed by atoms with Crippen molar-refractivity contribution < 1.29 is 17.9 Å². The molecule has 2 aromatic rings. The number of carbonyl (C=O) groups is 1. The number of nitrogens with one attached hydrogen (secondary N) is 1. The number of halogens is 1. The highest BCUT2D eigenvalue weighted by Crippen LogP contribution is 2.24. The molecule has 1 aliphatic rings. The van der Waals surface area contributed by atoms with Gasteiger partial charge < -0.3 is 10.1 Å². The molecule has 3 rings (SSSR count). The highest BCUT2D eigenvalue weighted by atomic mass is 35.5. The lowest BCUT2D eigenvalue weighted by Crippen LogP contribution is -2.32. The van der Waals surface area contributed by atoms with Gasteiger partial charge in [-0.25, -0.2) is 0 Å². The van der Waals surface area contributed by atoms with Crippen LogP contribution in [0.15, 0.2) is 58.6 Å². The molecule has 2 aromatic carbocycles. The monoisotopic (exact) mass is 433 g/mol. The van der Waals surface area contributed by atoms with Gasteiger partial charge in [0.25, 0.3) is 5.91 Å². The number of anilines is 1. The summed E-state index contributed by atoms with van der Waals surface area (Å²) in [6.07, 6.45) is 1.30. The minimum absolute atomic E-state index is 0.0378. The van der Waals surface area contributed by atoms with Crippen molar-refractivity contribution in [1.29, 1.82) is 0 Å². The van der Waals surface area contributed by atoms with Gasteiger partial charge in [-0.05, 0) is 49.2 Å². The van der Waals surface area contributed by atoms with Crippen molar-refractivity contribution >= 4 is 39.1 Å². The summed E-state index contributed by atoms with van der Waals surface area (Å²) in [5.41, 5.74) is 2.38. The predicted octanol–water partition coefficient (Wildman–Crippen LogP) is 3.70. The molecule has 29 heavy (non-hydrogen) atoms. The minimum Gasteiger partial charge on any atom is -0.497 e. The first-order valence-corrected chi connectivity index (χ1v) is 10.5. The summed E-state index contributed by atoms with van der Waals surface area (Å²) in [6.45, 7) is 3.36. The number of ether oxygens (including phenoxy) is 1. The molecule has 0 spiro atoms. The molecule has 1 N–H and O–H groups in total. The Morgan fingerprint density at radius 1 is 1.17 bits per heavy atom. The van der Waals surface area contributed by atoms with Crippen LogP contribution in [-0.4, -0.2) is 31.5 Å². The van der Waals surface area contributed by atoms with Gasteiger partial charge in [-0.3, -0.25) is 9.10 Å². The Labute approximate surface area is 174 Å². The molecule has 0 radical (unpaired) electrons. The first-order chi connectivity index (χ1) is 13.7. The number of hydrogen-bond donors (Lipinski definition) is 1. The molecule has 0 aliphatic carbocycles. The predicted molar refractivity (Wildman–Crippen MR) is 113 cm³/mol. The Hall–Kier alpha value is -2.84. The molecule has 1 amide bonds. The van der Waals surface area contributed by atoms with Crippen molar-refractivity contribution in [3.05, 3.63) is 70.4 Å². The molecule has 1 heterocycles. The summed E-state index contributed by atoms with van der Waals surface area (Å²) in [7, 11) is -2.38. The Balaban J connectivity index is 1.87. The van der Waals surface area contributed by atoms with E-state index < -0.39 is 16.1 Å². The number of rotatable bonds is 5. The van der Waals surface area contributed by atoms with Gasteiger partial charge in [0.15, 0.2) is 0 Å². The molecule has 0 atom stereocenters. The van der Waals surface area contributed by atoms with Crippen LogP contribution in [0.5, 0.6) is 5.75 Å². The molecule has 0 bridgehead atoms. The maximum absolute atomic E-state index is 12.8. The van der Waals surface area contributed by atoms with Gasteiger partial charge in [0.2, 0.25) is 0 Å². The van der Waals surface area contributed by atoms with E-state index in [0.29, 0.717) is 16.5 Å². The SMILES string of the molecule is COc1ccc(CN2C=C(C(=O)Nc3cc(Cl)ccc3C)C(C)=NS2(=O)=O)cc1. The third-order valence-electron chi connectivity index (χ3n) is 4.40. The molecule has 0 fully saturated rings. The van der Waals surface area contributed by atoms with Crippen LogP contribution in [0, 0.1) is 6.92 Å². The minimum atomic E-state index is -3.93. The van der Waals surface area contributed by atoms with Crippen LogP contribution >= 0.6 is 11.6 Å². The standard InChI is InChI=1S/C20H20ClN3O4S/c1-13-4-7-16(21)10-19(13)22-20(25)18-12-24(29(26,27)23-14(18)2)11-15-5-8-17(28-3)9-6-15/h4-10,12H,11H2,1-3H3,(H,22,25). The molecule has 7 nitrogen and oxygen atoms in total. The van der Waals surface area contributed by atoms with E-state index in [0.717, 1.165) is 15.4 Å². The molecule has 0 unspecified atom stereocenters. The van der Waals surface area contributed by atoms with Crippen LogP contribution in [0.25, 0.3) is 0 Å². The summed E-state index contributed by atoms with van der Waals surface area (Å²) in [4.78, 5) is 12.8. The van der Waals surface area contributed by atoms with E-state index in [1.807, 2.05) is 6.92 Å². The molecule has 152 valence electrons. The average molecular weight is 434 g/mol. The lowest BCUT2D eigenvalue weighted by Gasteiger charge is -2.24. The van der Waals surface area contributed by atoms with E-state index >= 15 is 0 Å². The van der Waals surface area contributed by atoms with Crippen LogP contribution in [0.1, 0.15) is 18.1 Å². The van der Waals surface area contributed by atoms with Crippen molar-refractivity contribution in [2.24, 2.45) is 4.40 Å². The summed E-state index contributed by atoms with van der Waals surface area (Å²) in [5, 5.41) is 3.25. The van der Waals surface area contributed by atoms with Gasteiger partial charge in [-0.1, -0.05) is 29.8 Å². The van der Waals surface area contributed by atoms with Crippen molar-refractivity contribution in [1.82, 2.24) is 4.31 Å². The molecule has 9 heteroatoms. The third-order valence-corrected chi connectivity index (χ3v) is 5.97. The van der Waals surface area contributed by atoms with Gasteiger partial charge >= 0.3 is 10.2 Å². The average Bonchev–Trinajstić information content (AvgIpc) is 2.67. The highest BCUT2D eigenvalue weighted by Gasteiger charge is 2.28. The van der Waals surface area contributed by atoms with Crippen LogP contribution < -0.4 is 10.1 Å². The van der Waals surface area contributed by atoms with Crippen LogP contribution in [-0.2, 0) is 21.5 Å². The van der Waals surface area contributed by atoms with Crippen molar-refractivity contribution in [2.75, 3.05) is 12.4 Å². The molecule has 0 aromatic heterocycles. The number of amides is 1. The zero-order chi connectivity index (χ0) is 21.2. The maximum Gasteiger partial charge on any atom is 0.344 e. The molecule has 0 saturated heterocycles. The molecular formula is C20H20ClN3O4S. The summed E-state index contributed by atoms with van der Waals surface area (Å²) in [6, 6.07) is 12.1. The molecule has 0 saturated carbocycles. The molecular weight excluding hydrogens is 414 g/mol. The second-order valence-electron chi connectivity index (χ2n) is 6.50. The van der Waals surface area contributed by atoms with Crippen molar-refractivity contribution in [3.8, 4) is 5.75 Å². The van der Waals surface area contributed by atoms with Crippen LogP contribution in [0.3, 0.4) is 0 Å². The van der Waals surface area contributed by atoms with E-state index in [1.165, 1.54) is 13.1 Å². The third kappa shape index (κ3) is 4.78.